The van der Waals surface area contributed by atoms with E-state index in [1.54, 1.807) is 30.3 Å². The van der Waals surface area contributed by atoms with E-state index >= 15 is 0 Å². The summed E-state index contributed by atoms with van der Waals surface area (Å²) in [6.45, 7) is 0.717. The van der Waals surface area contributed by atoms with E-state index in [0.29, 0.717) is 41.8 Å². The van der Waals surface area contributed by atoms with Gasteiger partial charge in [-0.25, -0.2) is 4.79 Å². The van der Waals surface area contributed by atoms with Crippen molar-refractivity contribution in [3.8, 4) is 23.0 Å². The van der Waals surface area contributed by atoms with Crippen LogP contribution in [0.2, 0.25) is 0 Å². The van der Waals surface area contributed by atoms with E-state index < -0.39 is 5.97 Å². The molecule has 0 unspecified atom stereocenters. The van der Waals surface area contributed by atoms with E-state index in [4.69, 9.17) is 23.7 Å². The van der Waals surface area contributed by atoms with Gasteiger partial charge in [-0.05, 0) is 36.4 Å². The van der Waals surface area contributed by atoms with E-state index in [0.717, 1.165) is 6.42 Å². The Labute approximate surface area is 156 Å². The molecule has 0 N–H and O–H groups in total. The highest BCUT2D eigenvalue weighted by Crippen LogP contribution is 2.31. The highest BCUT2D eigenvalue weighted by atomic mass is 16.5. The number of rotatable bonds is 6. The average molecular weight is 372 g/mol. The summed E-state index contributed by atoms with van der Waals surface area (Å²) in [7, 11) is 2.98. The number of ether oxygens (including phenoxy) is 5. The Morgan fingerprint density at radius 3 is 2.33 bits per heavy atom. The lowest BCUT2D eigenvalue weighted by atomic mass is 10.1. The van der Waals surface area contributed by atoms with Gasteiger partial charge < -0.3 is 23.7 Å². The number of Topliss-reactive ketones (excluding diaryl/α,β-unsaturated/α-hetero) is 1. The van der Waals surface area contributed by atoms with E-state index in [-0.39, 0.29) is 18.0 Å². The molecule has 0 spiro atoms. The maximum Gasteiger partial charge on any atom is 0.338 e. The SMILES string of the molecule is COc1ccc(C(=O)OCC(=O)c2ccc3c(c2)OCCCO3)cc1OC. The fourth-order valence-corrected chi connectivity index (χ4v) is 2.60. The molecule has 7 heteroatoms. The van der Waals surface area contributed by atoms with Crippen LogP contribution in [0.1, 0.15) is 27.1 Å². The van der Waals surface area contributed by atoms with Crippen LogP contribution < -0.4 is 18.9 Å². The fourth-order valence-electron chi connectivity index (χ4n) is 2.60. The normalized spacial score (nSPS) is 12.7. The van der Waals surface area contributed by atoms with E-state index in [9.17, 15) is 9.59 Å². The van der Waals surface area contributed by atoms with Gasteiger partial charge in [0.15, 0.2) is 35.4 Å². The molecule has 7 nitrogen and oxygen atoms in total. The summed E-state index contributed by atoms with van der Waals surface area (Å²) in [6, 6.07) is 9.55. The van der Waals surface area contributed by atoms with Crippen LogP contribution in [-0.4, -0.2) is 45.8 Å². The molecule has 0 saturated heterocycles. The van der Waals surface area contributed by atoms with Crippen molar-refractivity contribution in [2.75, 3.05) is 34.0 Å². The molecule has 1 aliphatic heterocycles. The maximum absolute atomic E-state index is 12.4. The van der Waals surface area contributed by atoms with Crippen molar-refractivity contribution < 1.29 is 33.3 Å². The van der Waals surface area contributed by atoms with Crippen LogP contribution in [0.25, 0.3) is 0 Å². The molecule has 142 valence electrons. The number of ketones is 1. The minimum absolute atomic E-state index is 0.263. The highest BCUT2D eigenvalue weighted by Gasteiger charge is 2.17. The second-order valence-corrected chi connectivity index (χ2v) is 5.78. The van der Waals surface area contributed by atoms with Crippen LogP contribution in [0.15, 0.2) is 36.4 Å². The van der Waals surface area contributed by atoms with Gasteiger partial charge in [-0.15, -0.1) is 0 Å². The van der Waals surface area contributed by atoms with Gasteiger partial charge in [-0.1, -0.05) is 0 Å². The number of carbonyl (C=O) groups is 2. The Kier molecular flexibility index (Phi) is 5.80. The Hall–Kier alpha value is -3.22. The topological polar surface area (TPSA) is 80.3 Å². The Morgan fingerprint density at radius 2 is 1.59 bits per heavy atom. The Morgan fingerprint density at radius 1 is 0.889 bits per heavy atom. The fraction of sp³-hybridized carbons (Fsp3) is 0.300. The first kappa shape index (κ1) is 18.6. The Bertz CT molecular complexity index is 844. The van der Waals surface area contributed by atoms with E-state index in [1.165, 1.54) is 20.3 Å². The molecular weight excluding hydrogens is 352 g/mol. The number of hydrogen-bond acceptors (Lipinski definition) is 7. The second kappa shape index (κ2) is 8.44. The van der Waals surface area contributed by atoms with Gasteiger partial charge in [0.05, 0.1) is 33.0 Å². The molecule has 0 amide bonds. The standard InChI is InChI=1S/C20H20O7/c1-23-16-6-5-14(11-18(16)24-2)20(22)27-12-15(21)13-4-7-17-19(10-13)26-9-3-8-25-17/h4-7,10-11H,3,8-9,12H2,1-2H3. The second-order valence-electron chi connectivity index (χ2n) is 5.78. The van der Waals surface area contributed by atoms with Crippen molar-refractivity contribution in [3.05, 3.63) is 47.5 Å². The van der Waals surface area contributed by atoms with Gasteiger partial charge in [0.2, 0.25) is 0 Å². The van der Waals surface area contributed by atoms with Crippen LogP contribution in [0, 0.1) is 0 Å². The minimum Gasteiger partial charge on any atom is -0.493 e. The molecule has 0 saturated carbocycles. The average Bonchev–Trinajstić information content (AvgIpc) is 2.95. The molecule has 0 fully saturated rings. The number of methoxy groups -OCH3 is 2. The van der Waals surface area contributed by atoms with Crippen molar-refractivity contribution in [1.29, 1.82) is 0 Å². The quantitative estimate of drug-likeness (QED) is 0.570. The van der Waals surface area contributed by atoms with Gasteiger partial charge in [0.1, 0.15) is 0 Å². The van der Waals surface area contributed by atoms with Crippen LogP contribution in [-0.2, 0) is 4.74 Å². The molecule has 1 aliphatic rings. The van der Waals surface area contributed by atoms with E-state index in [1.807, 2.05) is 0 Å². The lowest BCUT2D eigenvalue weighted by Gasteiger charge is -2.10. The number of esters is 1. The molecule has 1 heterocycles. The predicted octanol–water partition coefficient (Wildman–Crippen LogP) is 2.90. The smallest absolute Gasteiger partial charge is 0.338 e. The van der Waals surface area contributed by atoms with E-state index in [2.05, 4.69) is 0 Å². The molecule has 0 aromatic heterocycles. The highest BCUT2D eigenvalue weighted by molar-refractivity contribution is 6.00. The molecular formula is C20H20O7. The molecule has 2 aromatic carbocycles. The maximum atomic E-state index is 12.4. The summed E-state index contributed by atoms with van der Waals surface area (Å²) in [5, 5.41) is 0. The monoisotopic (exact) mass is 372 g/mol. The first-order chi connectivity index (χ1) is 13.1. The minimum atomic E-state index is -0.626. The van der Waals surface area contributed by atoms with Crippen molar-refractivity contribution in [2.45, 2.75) is 6.42 Å². The number of benzene rings is 2. The Balaban J connectivity index is 1.65. The summed E-state index contributed by atoms with van der Waals surface area (Å²) in [5.74, 6) is 1.06. The third-order valence-electron chi connectivity index (χ3n) is 4.02. The molecule has 3 rings (SSSR count). The van der Waals surface area contributed by atoms with Crippen LogP contribution >= 0.6 is 0 Å². The van der Waals surface area contributed by atoms with Gasteiger partial charge in [0.25, 0.3) is 0 Å². The lowest BCUT2D eigenvalue weighted by Crippen LogP contribution is -2.14. The van der Waals surface area contributed by atoms with Gasteiger partial charge in [-0.3, -0.25) is 4.79 Å². The van der Waals surface area contributed by atoms with Crippen LogP contribution in [0.4, 0.5) is 0 Å². The summed E-state index contributed by atoms with van der Waals surface area (Å²) in [4.78, 5) is 24.6. The number of hydrogen-bond donors (Lipinski definition) is 0. The molecule has 27 heavy (non-hydrogen) atoms. The lowest BCUT2D eigenvalue weighted by molar-refractivity contribution is 0.0474. The zero-order chi connectivity index (χ0) is 19.2. The summed E-state index contributed by atoms with van der Waals surface area (Å²) in [6.07, 6.45) is 0.779. The van der Waals surface area contributed by atoms with Crippen LogP contribution in [0.5, 0.6) is 23.0 Å². The molecule has 0 atom stereocenters. The molecule has 0 radical (unpaired) electrons. The van der Waals surface area contributed by atoms with Gasteiger partial charge >= 0.3 is 5.97 Å². The molecule has 2 aromatic rings. The largest absolute Gasteiger partial charge is 0.493 e. The van der Waals surface area contributed by atoms with Crippen molar-refractivity contribution >= 4 is 11.8 Å². The first-order valence-electron chi connectivity index (χ1n) is 8.44. The van der Waals surface area contributed by atoms with Gasteiger partial charge in [-0.2, -0.15) is 0 Å². The third-order valence-corrected chi connectivity index (χ3v) is 4.02. The summed E-state index contributed by atoms with van der Waals surface area (Å²) < 4.78 is 26.5. The van der Waals surface area contributed by atoms with Crippen molar-refractivity contribution in [1.82, 2.24) is 0 Å². The summed E-state index contributed by atoms with van der Waals surface area (Å²) >= 11 is 0. The van der Waals surface area contributed by atoms with Crippen molar-refractivity contribution in [3.63, 3.8) is 0 Å². The molecule has 0 aliphatic carbocycles. The first-order valence-corrected chi connectivity index (χ1v) is 8.44. The predicted molar refractivity (Wildman–Crippen MR) is 96.2 cm³/mol. The summed E-state index contributed by atoms with van der Waals surface area (Å²) in [5.41, 5.74) is 0.651. The third kappa shape index (κ3) is 4.31. The van der Waals surface area contributed by atoms with Crippen molar-refractivity contribution in [2.24, 2.45) is 0 Å². The molecule has 0 bridgehead atoms. The van der Waals surface area contributed by atoms with Gasteiger partial charge in [0, 0.05) is 12.0 Å². The van der Waals surface area contributed by atoms with Crippen LogP contribution in [0.3, 0.4) is 0 Å². The number of fused-ring (bicyclic) bond motifs is 1. The zero-order valence-corrected chi connectivity index (χ0v) is 15.2. The zero-order valence-electron chi connectivity index (χ0n) is 15.2. The number of carbonyl (C=O) groups excluding carboxylic acids is 2.